The molecule has 7 nitrogen and oxygen atoms in total. The molecule has 1 atom stereocenters. The van der Waals surface area contributed by atoms with Crippen LogP contribution < -0.4 is 10.7 Å². The van der Waals surface area contributed by atoms with E-state index in [0.29, 0.717) is 11.4 Å². The van der Waals surface area contributed by atoms with Crippen LogP contribution in [-0.2, 0) is 9.53 Å². The Morgan fingerprint density at radius 2 is 1.85 bits per heavy atom. The van der Waals surface area contributed by atoms with Gasteiger partial charge >= 0.3 is 6.18 Å². The van der Waals surface area contributed by atoms with Gasteiger partial charge in [-0.15, -0.1) is 0 Å². The van der Waals surface area contributed by atoms with E-state index in [1.165, 1.54) is 6.21 Å². The van der Waals surface area contributed by atoms with Crippen molar-refractivity contribution in [2.45, 2.75) is 64.0 Å². The highest BCUT2D eigenvalue weighted by atomic mass is 19.4. The molecule has 1 amide bonds. The van der Waals surface area contributed by atoms with Gasteiger partial charge in [0.25, 0.3) is 5.91 Å². The van der Waals surface area contributed by atoms with Gasteiger partial charge in [-0.25, -0.2) is 0 Å². The maximum absolute atomic E-state index is 13.3. The largest absolute Gasteiger partial charge is 0.483 e. The van der Waals surface area contributed by atoms with Gasteiger partial charge in [0.05, 0.1) is 6.10 Å². The van der Waals surface area contributed by atoms with E-state index in [2.05, 4.69) is 19.2 Å². The van der Waals surface area contributed by atoms with Crippen molar-refractivity contribution in [3.63, 3.8) is 0 Å². The number of piperazine rings is 1. The summed E-state index contributed by atoms with van der Waals surface area (Å²) in [7, 11) is 0. The van der Waals surface area contributed by atoms with Crippen LogP contribution >= 0.6 is 0 Å². The summed E-state index contributed by atoms with van der Waals surface area (Å²) in [4.78, 5) is 16.0. The Bertz CT molecular complexity index is 890. The van der Waals surface area contributed by atoms with E-state index in [4.69, 9.17) is 10.1 Å². The first-order valence-electron chi connectivity index (χ1n) is 11.7. The zero-order chi connectivity index (χ0) is 24.9. The van der Waals surface area contributed by atoms with Crippen molar-refractivity contribution < 1.29 is 33.2 Å². The third-order valence-electron chi connectivity index (χ3n) is 6.29. The lowest BCUT2D eigenvalue weighted by molar-refractivity contribution is -0.253. The molecule has 1 saturated carbocycles. The Labute approximate surface area is 198 Å². The van der Waals surface area contributed by atoms with E-state index in [1.807, 2.05) is 18.2 Å². The zero-order valence-corrected chi connectivity index (χ0v) is 19.6. The number of nitrogens with two attached hydrogens (primary N) is 1. The van der Waals surface area contributed by atoms with Gasteiger partial charge in [-0.3, -0.25) is 15.1 Å². The number of halogens is 3. The summed E-state index contributed by atoms with van der Waals surface area (Å²) in [6.07, 6.45) is -2.43. The van der Waals surface area contributed by atoms with Gasteiger partial charge in [0.2, 0.25) is 12.0 Å². The van der Waals surface area contributed by atoms with Crippen molar-refractivity contribution in [3.05, 3.63) is 41.3 Å². The van der Waals surface area contributed by atoms with Crippen LogP contribution in [0.15, 0.2) is 35.7 Å². The molecule has 0 spiro atoms. The highest BCUT2D eigenvalue weighted by Gasteiger charge is 2.43. The molecule has 1 unspecified atom stereocenters. The molecule has 2 aliphatic rings. The number of rotatable bonds is 8. The molecule has 0 aromatic heterocycles. The lowest BCUT2D eigenvalue weighted by Crippen LogP contribution is -2.55. The highest BCUT2D eigenvalue weighted by Crippen LogP contribution is 2.28. The molecular formula is C24H34F3N4O3+. The van der Waals surface area contributed by atoms with Gasteiger partial charge in [-0.05, 0) is 49.3 Å². The number of nitrogens with one attached hydrogen (secondary N) is 1. The summed E-state index contributed by atoms with van der Waals surface area (Å²) < 4.78 is 44.8. The van der Waals surface area contributed by atoms with Crippen molar-refractivity contribution in [1.82, 2.24) is 9.80 Å². The molecule has 2 fully saturated rings. The summed E-state index contributed by atoms with van der Waals surface area (Å²) in [6.45, 7) is 4.37. The molecule has 1 heterocycles. The van der Waals surface area contributed by atoms with Crippen molar-refractivity contribution in [1.29, 1.82) is 0 Å². The Balaban J connectivity index is 1.82. The highest BCUT2D eigenvalue weighted by molar-refractivity contribution is 6.05. The molecule has 1 aromatic carbocycles. The Hall–Kier alpha value is -2.59. The van der Waals surface area contributed by atoms with E-state index >= 15 is 0 Å². The molecule has 10 heteroatoms. The molecular weight excluding hydrogens is 449 g/mol. The van der Waals surface area contributed by atoms with Crippen LogP contribution in [-0.4, -0.2) is 71.7 Å². The summed E-state index contributed by atoms with van der Waals surface area (Å²) in [6, 6.07) is 7.55. The number of nitrogens with zero attached hydrogens (tertiary/aromatic N) is 2. The van der Waals surface area contributed by atoms with Gasteiger partial charge in [0.15, 0.2) is 6.21 Å². The van der Waals surface area contributed by atoms with Gasteiger partial charge in [-0.2, -0.15) is 13.2 Å². The lowest BCUT2D eigenvalue weighted by atomic mass is 10.0. The number of amides is 1. The average Bonchev–Trinajstić information content (AvgIpc) is 3.31. The number of benzene rings is 1. The topological polar surface area (TPSA) is 90.6 Å². The van der Waals surface area contributed by atoms with Crippen LogP contribution in [0.4, 0.5) is 18.9 Å². The second-order valence-electron chi connectivity index (χ2n) is 9.08. The third-order valence-corrected chi connectivity index (χ3v) is 6.29. The number of hydrogen-bond acceptors (Lipinski definition) is 5. The quantitative estimate of drug-likeness (QED) is 0.300. The van der Waals surface area contributed by atoms with E-state index < -0.39 is 18.3 Å². The molecule has 0 bridgehead atoms. The molecule has 0 radical (unpaired) electrons. The second kappa shape index (κ2) is 11.2. The van der Waals surface area contributed by atoms with E-state index in [0.717, 1.165) is 36.1 Å². The van der Waals surface area contributed by atoms with E-state index in [-0.39, 0.29) is 44.0 Å². The minimum atomic E-state index is -4.72. The molecule has 3 rings (SSSR count). The Morgan fingerprint density at radius 3 is 2.41 bits per heavy atom. The first-order chi connectivity index (χ1) is 16.1. The zero-order valence-electron chi connectivity index (χ0n) is 19.6. The molecule has 1 aliphatic heterocycles. The van der Waals surface area contributed by atoms with Crippen LogP contribution in [0.25, 0.3) is 0 Å². The smallest absolute Gasteiger partial charge is 0.428 e. The maximum atomic E-state index is 13.3. The Morgan fingerprint density at radius 1 is 1.21 bits per heavy atom. The number of anilines is 1. The van der Waals surface area contributed by atoms with Crippen LogP contribution in [0.3, 0.4) is 0 Å². The predicted molar refractivity (Wildman–Crippen MR) is 123 cm³/mol. The van der Waals surface area contributed by atoms with Crippen LogP contribution in [0.1, 0.15) is 51.0 Å². The van der Waals surface area contributed by atoms with Crippen LogP contribution in [0.5, 0.6) is 0 Å². The Kier molecular flexibility index (Phi) is 8.59. The molecule has 1 aromatic rings. The van der Waals surface area contributed by atoms with E-state index in [1.54, 1.807) is 11.0 Å². The number of ether oxygens (including phenoxy) is 1. The summed E-state index contributed by atoms with van der Waals surface area (Å²) in [5.74, 6) is -0.102. The fourth-order valence-electron chi connectivity index (χ4n) is 4.31. The predicted octanol–water partition coefficient (Wildman–Crippen LogP) is 2.25. The minimum absolute atomic E-state index is 0.0349. The number of allylic oxidation sites excluding steroid dienone is 1. The molecule has 34 heavy (non-hydrogen) atoms. The lowest BCUT2D eigenvalue weighted by Gasteiger charge is -2.38. The monoisotopic (exact) mass is 483 g/mol. The van der Waals surface area contributed by atoms with Crippen molar-refractivity contribution >= 4 is 17.8 Å². The van der Waals surface area contributed by atoms with Crippen molar-refractivity contribution in [3.8, 4) is 0 Å². The van der Waals surface area contributed by atoms with Crippen LogP contribution in [0.2, 0.25) is 0 Å². The molecule has 4 N–H and O–H groups in total. The third kappa shape index (κ3) is 6.50. The van der Waals surface area contributed by atoms with Crippen molar-refractivity contribution in [2.75, 3.05) is 31.5 Å². The summed E-state index contributed by atoms with van der Waals surface area (Å²) in [5, 5.41) is 18.4. The minimum Gasteiger partial charge on any atom is -0.483 e. The van der Waals surface area contributed by atoms with Gasteiger partial charge in [0.1, 0.15) is 5.70 Å². The van der Waals surface area contributed by atoms with E-state index in [9.17, 15) is 23.1 Å². The summed E-state index contributed by atoms with van der Waals surface area (Å²) in [5.41, 5.74) is 2.04. The number of alkyl halides is 3. The average molecular weight is 484 g/mol. The van der Waals surface area contributed by atoms with Crippen LogP contribution in [0, 0.1) is 0 Å². The fraction of sp³-hybridized carbons (Fsp3) is 0.583. The first-order valence-corrected chi connectivity index (χ1v) is 11.7. The standard InChI is InChI=1S/C24H33F3N4O3/c1-16(2)17-6-5-7-18(14-17)29-22(32)21(34-19-8-3-4-9-19)20(15-28)30-10-12-31(13-11-30)23(33)24(25,26)27/h5-7,14-16,19,23,28,33H,3-4,8-13H2,1-2H3,(H,29,32)/p+1/b21-20-,28-15?. The fourth-order valence-corrected chi connectivity index (χ4v) is 4.31. The summed E-state index contributed by atoms with van der Waals surface area (Å²) >= 11 is 0. The number of carbonyl (C=O) groups excluding carboxylic acids is 1. The number of carbonyl (C=O) groups is 1. The van der Waals surface area contributed by atoms with Crippen molar-refractivity contribution in [2.24, 2.45) is 0 Å². The first kappa shape index (κ1) is 26.0. The molecule has 188 valence electrons. The SMILES string of the molecule is CC(C)c1cccc(NC(=O)/C(OC2CCCC2)=C(\C=[NH2+])N2CCN(C(O)C(F)(F)F)CC2)c1. The molecule has 1 aliphatic carbocycles. The van der Waals surface area contributed by atoms with Gasteiger partial charge < -0.3 is 20.1 Å². The number of hydrogen-bond donors (Lipinski definition) is 3. The maximum Gasteiger partial charge on any atom is 0.428 e. The number of aliphatic hydroxyl groups excluding tert-OH is 1. The molecule has 1 saturated heterocycles. The second-order valence-corrected chi connectivity index (χ2v) is 9.08. The number of aliphatic hydroxyl groups is 1. The van der Waals surface area contributed by atoms with Gasteiger partial charge in [-0.1, -0.05) is 26.0 Å². The normalized spacial score (nSPS) is 19.7. The van der Waals surface area contributed by atoms with Gasteiger partial charge in [0, 0.05) is 31.9 Å².